The Morgan fingerprint density at radius 3 is 2.71 bits per heavy atom. The highest BCUT2D eigenvalue weighted by Gasteiger charge is 2.11. The lowest BCUT2D eigenvalue weighted by molar-refractivity contribution is -0.122. The van der Waals surface area contributed by atoms with Gasteiger partial charge in [0, 0.05) is 22.8 Å². The van der Waals surface area contributed by atoms with Crippen molar-refractivity contribution in [2.45, 2.75) is 46.7 Å². The summed E-state index contributed by atoms with van der Waals surface area (Å²) in [6, 6.07) is 2.05. The van der Waals surface area contributed by atoms with E-state index in [1.807, 2.05) is 6.92 Å². The number of aryl methyl sites for hydroxylation is 2. The molecule has 0 saturated carbocycles. The molecule has 96 valence electrons. The van der Waals surface area contributed by atoms with E-state index in [4.69, 9.17) is 0 Å². The van der Waals surface area contributed by atoms with Crippen molar-refractivity contribution in [1.82, 2.24) is 10.6 Å². The van der Waals surface area contributed by atoms with Gasteiger partial charge in [0.15, 0.2) is 0 Å². The van der Waals surface area contributed by atoms with Gasteiger partial charge in [-0.15, -0.1) is 11.3 Å². The molecule has 1 atom stereocenters. The third-order valence-electron chi connectivity index (χ3n) is 2.74. The lowest BCUT2D eigenvalue weighted by Gasteiger charge is -2.12. The fourth-order valence-corrected chi connectivity index (χ4v) is 2.49. The van der Waals surface area contributed by atoms with Crippen molar-refractivity contribution in [3.05, 3.63) is 21.4 Å². The van der Waals surface area contributed by atoms with E-state index < -0.39 is 0 Å². The first kappa shape index (κ1) is 14.2. The molecular formula is C13H22N2OS. The van der Waals surface area contributed by atoms with Gasteiger partial charge in [-0.1, -0.05) is 6.92 Å². The Morgan fingerprint density at radius 2 is 2.18 bits per heavy atom. The largest absolute Gasteiger partial charge is 0.355 e. The van der Waals surface area contributed by atoms with Gasteiger partial charge in [-0.2, -0.15) is 0 Å². The maximum absolute atomic E-state index is 11.6. The van der Waals surface area contributed by atoms with E-state index in [9.17, 15) is 4.79 Å². The number of rotatable bonds is 6. The second-order valence-electron chi connectivity index (χ2n) is 4.35. The summed E-state index contributed by atoms with van der Waals surface area (Å²) in [4.78, 5) is 14.3. The fraction of sp³-hybridized carbons (Fsp3) is 0.615. The number of hydrogen-bond donors (Lipinski definition) is 2. The molecule has 0 fully saturated rings. The van der Waals surface area contributed by atoms with Crippen molar-refractivity contribution in [1.29, 1.82) is 0 Å². The summed E-state index contributed by atoms with van der Waals surface area (Å²) in [7, 11) is 0. The molecule has 0 radical (unpaired) electrons. The van der Waals surface area contributed by atoms with E-state index >= 15 is 0 Å². The summed E-state index contributed by atoms with van der Waals surface area (Å²) in [5.74, 6) is 0.0804. The minimum absolute atomic E-state index is 0.0804. The van der Waals surface area contributed by atoms with Gasteiger partial charge in [0.05, 0.1) is 6.04 Å². The lowest BCUT2D eigenvalue weighted by atomic mass is 10.2. The third-order valence-corrected chi connectivity index (χ3v) is 3.89. The van der Waals surface area contributed by atoms with Crippen LogP contribution in [0.25, 0.3) is 0 Å². The molecule has 0 saturated heterocycles. The molecule has 1 aromatic rings. The minimum Gasteiger partial charge on any atom is -0.355 e. The summed E-state index contributed by atoms with van der Waals surface area (Å²) in [6.07, 6.45) is 0.974. The van der Waals surface area contributed by atoms with Gasteiger partial charge < -0.3 is 10.6 Å². The molecule has 1 unspecified atom stereocenters. The van der Waals surface area contributed by atoms with Crippen LogP contribution in [0.1, 0.15) is 35.6 Å². The van der Waals surface area contributed by atoms with Crippen LogP contribution in [0.4, 0.5) is 0 Å². The monoisotopic (exact) mass is 254 g/mol. The molecule has 0 aliphatic rings. The second-order valence-corrected chi connectivity index (χ2v) is 5.69. The second kappa shape index (κ2) is 6.77. The van der Waals surface area contributed by atoms with E-state index in [1.54, 1.807) is 11.3 Å². The highest BCUT2D eigenvalue weighted by atomic mass is 32.1. The Kier molecular flexibility index (Phi) is 5.65. The first-order chi connectivity index (χ1) is 8.04. The van der Waals surface area contributed by atoms with Crippen LogP contribution in [0.3, 0.4) is 0 Å². The quantitative estimate of drug-likeness (QED) is 0.818. The van der Waals surface area contributed by atoms with Crippen molar-refractivity contribution in [2.75, 3.05) is 6.54 Å². The average Bonchev–Trinajstić information content (AvgIpc) is 2.62. The number of carbonyl (C=O) groups is 1. The fourth-order valence-electron chi connectivity index (χ4n) is 1.48. The van der Waals surface area contributed by atoms with Gasteiger partial charge >= 0.3 is 0 Å². The molecule has 0 aromatic carbocycles. The molecule has 0 bridgehead atoms. The predicted octanol–water partition coefficient (Wildman–Crippen LogP) is 2.37. The number of amides is 1. The van der Waals surface area contributed by atoms with Gasteiger partial charge in [0.25, 0.3) is 0 Å². The molecule has 0 spiro atoms. The number of carbonyl (C=O) groups excluding carboxylic acids is 1. The zero-order valence-electron chi connectivity index (χ0n) is 11.1. The number of nitrogens with one attached hydrogen (secondary N) is 2. The minimum atomic E-state index is -0.135. The highest BCUT2D eigenvalue weighted by Crippen LogP contribution is 2.20. The Morgan fingerprint density at radius 1 is 1.47 bits per heavy atom. The summed E-state index contributed by atoms with van der Waals surface area (Å²) in [6.45, 7) is 9.71. The van der Waals surface area contributed by atoms with Crippen molar-refractivity contribution in [3.63, 3.8) is 0 Å². The average molecular weight is 254 g/mol. The van der Waals surface area contributed by atoms with Gasteiger partial charge in [-0.25, -0.2) is 0 Å². The van der Waals surface area contributed by atoms with Crippen molar-refractivity contribution in [2.24, 2.45) is 0 Å². The summed E-state index contributed by atoms with van der Waals surface area (Å²) >= 11 is 1.79. The van der Waals surface area contributed by atoms with Gasteiger partial charge in [-0.05, 0) is 38.8 Å². The van der Waals surface area contributed by atoms with Crippen LogP contribution in [-0.4, -0.2) is 18.5 Å². The zero-order valence-corrected chi connectivity index (χ0v) is 11.9. The van der Waals surface area contributed by atoms with E-state index in [-0.39, 0.29) is 11.9 Å². The maximum Gasteiger partial charge on any atom is 0.236 e. The standard InChI is InChI=1S/C13H22N2OS/c1-5-6-14-13(16)10(3)15-8-12-7-9(2)11(4)17-12/h7,10,15H,5-6,8H2,1-4H3,(H,14,16). The van der Waals surface area contributed by atoms with Gasteiger partial charge in [0.2, 0.25) is 5.91 Å². The summed E-state index contributed by atoms with van der Waals surface area (Å²) in [5.41, 5.74) is 1.33. The Balaban J connectivity index is 2.37. The van der Waals surface area contributed by atoms with Crippen LogP contribution in [-0.2, 0) is 11.3 Å². The molecule has 17 heavy (non-hydrogen) atoms. The Hall–Kier alpha value is -0.870. The molecule has 3 nitrogen and oxygen atoms in total. The normalized spacial score (nSPS) is 12.5. The topological polar surface area (TPSA) is 41.1 Å². The number of hydrogen-bond acceptors (Lipinski definition) is 3. The predicted molar refractivity (Wildman–Crippen MR) is 73.4 cm³/mol. The molecule has 0 aliphatic heterocycles. The Bertz CT molecular complexity index is 354. The molecule has 1 rings (SSSR count). The van der Waals surface area contributed by atoms with Crippen LogP contribution in [0.5, 0.6) is 0 Å². The van der Waals surface area contributed by atoms with Crippen molar-refractivity contribution < 1.29 is 4.79 Å². The van der Waals surface area contributed by atoms with Crippen LogP contribution < -0.4 is 10.6 Å². The lowest BCUT2D eigenvalue weighted by Crippen LogP contribution is -2.41. The van der Waals surface area contributed by atoms with E-state index in [1.165, 1.54) is 15.3 Å². The molecule has 2 N–H and O–H groups in total. The molecule has 1 amide bonds. The molecule has 1 heterocycles. The van der Waals surface area contributed by atoms with Crippen molar-refractivity contribution in [3.8, 4) is 0 Å². The van der Waals surface area contributed by atoms with E-state index in [2.05, 4.69) is 37.5 Å². The van der Waals surface area contributed by atoms with E-state index in [0.717, 1.165) is 19.5 Å². The molecule has 4 heteroatoms. The van der Waals surface area contributed by atoms with Gasteiger partial charge in [-0.3, -0.25) is 4.79 Å². The van der Waals surface area contributed by atoms with E-state index in [0.29, 0.717) is 0 Å². The van der Waals surface area contributed by atoms with Crippen LogP contribution in [0.2, 0.25) is 0 Å². The SMILES string of the molecule is CCCNC(=O)C(C)NCc1cc(C)c(C)s1. The summed E-state index contributed by atoms with van der Waals surface area (Å²) in [5, 5.41) is 6.13. The smallest absolute Gasteiger partial charge is 0.236 e. The van der Waals surface area contributed by atoms with Crippen LogP contribution in [0.15, 0.2) is 6.07 Å². The molecular weight excluding hydrogens is 232 g/mol. The third kappa shape index (κ3) is 4.48. The zero-order chi connectivity index (χ0) is 12.8. The molecule has 0 aliphatic carbocycles. The van der Waals surface area contributed by atoms with Crippen LogP contribution >= 0.6 is 11.3 Å². The molecule has 1 aromatic heterocycles. The first-order valence-electron chi connectivity index (χ1n) is 6.11. The number of thiophene rings is 1. The van der Waals surface area contributed by atoms with Gasteiger partial charge in [0.1, 0.15) is 0 Å². The van der Waals surface area contributed by atoms with Crippen molar-refractivity contribution >= 4 is 17.2 Å². The maximum atomic E-state index is 11.6. The first-order valence-corrected chi connectivity index (χ1v) is 6.93. The van der Waals surface area contributed by atoms with Crippen LogP contribution in [0, 0.1) is 13.8 Å². The Labute approximate surface area is 108 Å². The summed E-state index contributed by atoms with van der Waals surface area (Å²) < 4.78 is 0. The highest BCUT2D eigenvalue weighted by molar-refractivity contribution is 7.12.